The summed E-state index contributed by atoms with van der Waals surface area (Å²) in [7, 11) is 0. The van der Waals surface area contributed by atoms with Crippen LogP contribution in [-0.2, 0) is 6.18 Å². The fraction of sp³-hybridized carbons (Fsp3) is 0.0870. The first-order valence-electron chi connectivity index (χ1n) is 9.51. The molecule has 2 amide bonds. The number of nitrogens with one attached hydrogen (secondary N) is 2. The van der Waals surface area contributed by atoms with E-state index in [4.69, 9.17) is 11.6 Å². The fourth-order valence-electron chi connectivity index (χ4n) is 3.65. The minimum Gasteiger partial charge on any atom is -0.341 e. The molecule has 1 aliphatic heterocycles. The number of fused-ring (bicyclic) bond motifs is 1. The van der Waals surface area contributed by atoms with Crippen molar-refractivity contribution in [2.45, 2.75) is 12.2 Å². The number of nitrogens with zero attached hydrogens (tertiary/aromatic N) is 1. The van der Waals surface area contributed by atoms with Gasteiger partial charge in [0.15, 0.2) is 0 Å². The highest BCUT2D eigenvalue weighted by Gasteiger charge is 2.35. The van der Waals surface area contributed by atoms with Crippen LogP contribution in [0.4, 0.5) is 27.6 Å². The van der Waals surface area contributed by atoms with Crippen molar-refractivity contribution < 1.29 is 31.5 Å². The van der Waals surface area contributed by atoms with Crippen molar-refractivity contribution in [3.05, 3.63) is 98.6 Å². The molecule has 0 saturated carbocycles. The maximum atomic E-state index is 13.9. The van der Waals surface area contributed by atoms with Crippen molar-refractivity contribution in [3.63, 3.8) is 0 Å². The van der Waals surface area contributed by atoms with E-state index in [0.29, 0.717) is 12.1 Å². The molecule has 3 aromatic rings. The minimum absolute atomic E-state index is 0.0186. The quantitative estimate of drug-likeness (QED) is 0.468. The van der Waals surface area contributed by atoms with Crippen molar-refractivity contribution in [1.82, 2.24) is 5.32 Å². The Morgan fingerprint density at radius 1 is 1.06 bits per heavy atom. The molecule has 0 unspecified atom stereocenters. The van der Waals surface area contributed by atoms with Crippen LogP contribution in [0, 0.1) is 23.0 Å². The van der Waals surface area contributed by atoms with Crippen molar-refractivity contribution in [2.75, 3.05) is 5.32 Å². The van der Waals surface area contributed by atoms with Gasteiger partial charge in [-0.3, -0.25) is 9.59 Å². The fourth-order valence-corrected chi connectivity index (χ4v) is 3.88. The maximum absolute atomic E-state index is 13.9. The van der Waals surface area contributed by atoms with Crippen LogP contribution in [0.25, 0.3) is 0 Å². The number of rotatable bonds is 3. The van der Waals surface area contributed by atoms with Crippen LogP contribution in [-0.4, -0.2) is 11.8 Å². The van der Waals surface area contributed by atoms with Gasteiger partial charge in [-0.15, -0.1) is 0 Å². The Labute approximate surface area is 193 Å². The number of nitriles is 1. The zero-order valence-electron chi connectivity index (χ0n) is 16.7. The lowest BCUT2D eigenvalue weighted by molar-refractivity contribution is -0.137. The van der Waals surface area contributed by atoms with E-state index in [1.807, 2.05) is 6.07 Å². The molecular formula is C23H11ClF5N3O2. The summed E-state index contributed by atoms with van der Waals surface area (Å²) >= 11 is 6.17. The number of benzene rings is 3. The SMILES string of the molecule is N#Cc1cc(NC(=O)c2cc(F)cc(C(F)(F)F)c2)c2c(c1)C(=O)N[C@@H]2c1cc(F)ccc1Cl. The van der Waals surface area contributed by atoms with Crippen molar-refractivity contribution in [3.8, 4) is 6.07 Å². The Morgan fingerprint density at radius 2 is 1.79 bits per heavy atom. The van der Waals surface area contributed by atoms with Gasteiger partial charge in [-0.2, -0.15) is 18.4 Å². The summed E-state index contributed by atoms with van der Waals surface area (Å²) in [4.78, 5) is 25.3. The van der Waals surface area contributed by atoms with E-state index in [1.165, 1.54) is 18.2 Å². The van der Waals surface area contributed by atoms with Crippen molar-refractivity contribution in [2.24, 2.45) is 0 Å². The van der Waals surface area contributed by atoms with E-state index in [0.717, 1.165) is 12.1 Å². The molecule has 0 fully saturated rings. The normalized spacial score (nSPS) is 14.9. The van der Waals surface area contributed by atoms with Gasteiger partial charge in [0.1, 0.15) is 11.6 Å². The Morgan fingerprint density at radius 3 is 2.47 bits per heavy atom. The summed E-state index contributed by atoms with van der Waals surface area (Å²) in [5.74, 6) is -3.69. The van der Waals surface area contributed by atoms with Gasteiger partial charge in [0.25, 0.3) is 11.8 Å². The molecule has 0 aliphatic carbocycles. The molecule has 0 bridgehead atoms. The lowest BCUT2D eigenvalue weighted by atomic mass is 9.94. The van der Waals surface area contributed by atoms with E-state index in [2.05, 4.69) is 10.6 Å². The molecule has 0 aromatic heterocycles. The lowest BCUT2D eigenvalue weighted by Gasteiger charge is -2.18. The first kappa shape index (κ1) is 23.2. The van der Waals surface area contributed by atoms with E-state index in [1.54, 1.807) is 0 Å². The average molecular weight is 492 g/mol. The average Bonchev–Trinajstić information content (AvgIpc) is 3.10. The van der Waals surface area contributed by atoms with Crippen molar-refractivity contribution in [1.29, 1.82) is 5.26 Å². The summed E-state index contributed by atoms with van der Waals surface area (Å²) in [5.41, 5.74) is -1.90. The zero-order valence-corrected chi connectivity index (χ0v) is 17.5. The van der Waals surface area contributed by atoms with Crippen LogP contribution in [0.15, 0.2) is 48.5 Å². The Balaban J connectivity index is 1.82. The molecule has 34 heavy (non-hydrogen) atoms. The number of hydrogen-bond acceptors (Lipinski definition) is 3. The van der Waals surface area contributed by atoms with Gasteiger partial charge >= 0.3 is 6.18 Å². The van der Waals surface area contributed by atoms with E-state index >= 15 is 0 Å². The zero-order chi connectivity index (χ0) is 24.8. The summed E-state index contributed by atoms with van der Waals surface area (Å²) < 4.78 is 66.8. The van der Waals surface area contributed by atoms with Crippen molar-refractivity contribution >= 4 is 29.1 Å². The third-order valence-corrected chi connectivity index (χ3v) is 5.47. The van der Waals surface area contributed by atoms with Gasteiger partial charge in [-0.1, -0.05) is 11.6 Å². The lowest BCUT2D eigenvalue weighted by Crippen LogP contribution is -2.21. The maximum Gasteiger partial charge on any atom is 0.416 e. The first-order chi connectivity index (χ1) is 16.0. The highest BCUT2D eigenvalue weighted by Crippen LogP contribution is 2.40. The van der Waals surface area contributed by atoms with Crippen LogP contribution in [0.1, 0.15) is 49.0 Å². The number of carbonyl (C=O) groups excluding carboxylic acids is 2. The third kappa shape index (κ3) is 4.30. The number of amides is 2. The first-order valence-corrected chi connectivity index (χ1v) is 9.88. The van der Waals surface area contributed by atoms with E-state index in [9.17, 15) is 36.8 Å². The van der Waals surface area contributed by atoms with Crippen LogP contribution >= 0.6 is 11.6 Å². The van der Waals surface area contributed by atoms with Gasteiger partial charge in [0, 0.05) is 33.0 Å². The third-order valence-electron chi connectivity index (χ3n) is 5.12. The Kier molecular flexibility index (Phi) is 5.75. The molecule has 0 radical (unpaired) electrons. The van der Waals surface area contributed by atoms with Crippen LogP contribution in [0.3, 0.4) is 0 Å². The molecule has 1 atom stereocenters. The number of hydrogen-bond donors (Lipinski definition) is 2. The van der Waals surface area contributed by atoms with Crippen LogP contribution in [0.2, 0.25) is 5.02 Å². The molecule has 5 nitrogen and oxygen atoms in total. The molecule has 3 aromatic carbocycles. The highest BCUT2D eigenvalue weighted by atomic mass is 35.5. The number of anilines is 1. The van der Waals surface area contributed by atoms with Crippen LogP contribution in [0.5, 0.6) is 0 Å². The smallest absolute Gasteiger partial charge is 0.341 e. The molecule has 0 saturated heterocycles. The van der Waals surface area contributed by atoms with Gasteiger partial charge in [-0.25, -0.2) is 8.78 Å². The number of alkyl halides is 3. The summed E-state index contributed by atoms with van der Waals surface area (Å²) in [6, 6.07) is 8.00. The van der Waals surface area contributed by atoms with Gasteiger partial charge in [-0.05, 0) is 48.5 Å². The number of carbonyl (C=O) groups is 2. The highest BCUT2D eigenvalue weighted by molar-refractivity contribution is 6.31. The van der Waals surface area contributed by atoms with Crippen LogP contribution < -0.4 is 10.6 Å². The second kappa shape index (κ2) is 8.43. The summed E-state index contributed by atoms with van der Waals surface area (Å²) in [6.07, 6.45) is -4.89. The largest absolute Gasteiger partial charge is 0.416 e. The van der Waals surface area contributed by atoms with Gasteiger partial charge in [0.05, 0.1) is 23.2 Å². The van der Waals surface area contributed by atoms with E-state index < -0.39 is 46.8 Å². The molecule has 4 rings (SSSR count). The molecule has 172 valence electrons. The molecule has 11 heteroatoms. The molecular weight excluding hydrogens is 481 g/mol. The predicted octanol–water partition coefficient (Wildman–Crippen LogP) is 5.59. The molecule has 2 N–H and O–H groups in total. The molecule has 1 heterocycles. The molecule has 1 aliphatic rings. The Hall–Kier alpha value is -3.97. The Bertz CT molecular complexity index is 1400. The standard InChI is InChI=1S/C23H11ClF5N3O2/c24-17-2-1-13(25)8-15(17)20-19-16(22(34)32-20)3-10(9-30)4-18(19)31-21(33)11-5-12(23(27,28)29)7-14(26)6-11/h1-8,20H,(H,31,33)(H,32,34)/t20-/m1/s1. The second-order valence-corrected chi connectivity index (χ2v) is 7.76. The van der Waals surface area contributed by atoms with E-state index in [-0.39, 0.29) is 39.0 Å². The topological polar surface area (TPSA) is 82.0 Å². The molecule has 0 spiro atoms. The monoisotopic (exact) mass is 491 g/mol. The summed E-state index contributed by atoms with van der Waals surface area (Å²) in [5, 5.41) is 14.3. The summed E-state index contributed by atoms with van der Waals surface area (Å²) in [6.45, 7) is 0. The van der Waals surface area contributed by atoms with Gasteiger partial charge in [0.2, 0.25) is 0 Å². The number of halogens is 6. The minimum atomic E-state index is -4.89. The van der Waals surface area contributed by atoms with Gasteiger partial charge < -0.3 is 10.6 Å². The second-order valence-electron chi connectivity index (χ2n) is 7.35. The predicted molar refractivity (Wildman–Crippen MR) is 111 cm³/mol.